The summed E-state index contributed by atoms with van der Waals surface area (Å²) in [6.45, 7) is -0.0772. The van der Waals surface area contributed by atoms with Gasteiger partial charge in [-0.15, -0.1) is 18.3 Å². The molecule has 26 heavy (non-hydrogen) atoms. The third kappa shape index (κ3) is 4.08. The second kappa shape index (κ2) is 6.88. The fraction of sp³-hybridized carbons (Fsp3) is 0.143. The van der Waals surface area contributed by atoms with E-state index in [4.69, 9.17) is 0 Å². The standard InChI is InChI=1S/C14H10F4N4O3S/c15-10-5-8(7-19-26(23)24)1-3-12(10)22-13-4-2-9(25-14(16,17)18)6-11(13)20-21-22/h1-6,26H,7H2,(H,19,23,24). The van der Waals surface area contributed by atoms with Crippen LogP contribution in [0.2, 0.25) is 0 Å². The monoisotopic (exact) mass is 390 g/mol. The number of thiol groups is 1. The molecule has 0 bridgehead atoms. The normalized spacial score (nSPS) is 12.0. The van der Waals surface area contributed by atoms with E-state index in [1.54, 1.807) is 0 Å². The highest BCUT2D eigenvalue weighted by Crippen LogP contribution is 2.27. The lowest BCUT2D eigenvalue weighted by Gasteiger charge is -2.09. The Morgan fingerprint density at radius 2 is 1.92 bits per heavy atom. The van der Waals surface area contributed by atoms with E-state index < -0.39 is 28.8 Å². The number of ether oxygens (including phenoxy) is 1. The zero-order valence-corrected chi connectivity index (χ0v) is 13.6. The summed E-state index contributed by atoms with van der Waals surface area (Å²) in [6, 6.07) is 7.34. The van der Waals surface area contributed by atoms with Crippen LogP contribution >= 0.6 is 0 Å². The quantitative estimate of drug-likeness (QED) is 0.515. The molecule has 0 atom stereocenters. The Hall–Kier alpha value is -2.73. The Bertz CT molecular complexity index is 1020. The molecular formula is C14H10F4N4O3S. The molecule has 2 aromatic carbocycles. The van der Waals surface area contributed by atoms with Crippen LogP contribution in [-0.4, -0.2) is 29.8 Å². The number of fused-ring (bicyclic) bond motifs is 1. The lowest BCUT2D eigenvalue weighted by molar-refractivity contribution is -0.274. The molecule has 1 aromatic heterocycles. The molecule has 0 fully saturated rings. The molecule has 0 saturated heterocycles. The average molecular weight is 390 g/mol. The van der Waals surface area contributed by atoms with Crippen LogP contribution in [0.4, 0.5) is 17.6 Å². The van der Waals surface area contributed by atoms with Gasteiger partial charge in [0.2, 0.25) is 10.9 Å². The number of halogens is 4. The number of nitrogens with one attached hydrogen (secondary N) is 1. The number of benzene rings is 2. The number of hydrogen-bond acceptors (Lipinski definition) is 5. The van der Waals surface area contributed by atoms with Crippen molar-refractivity contribution in [1.29, 1.82) is 0 Å². The molecule has 1 N–H and O–H groups in total. The van der Waals surface area contributed by atoms with Gasteiger partial charge < -0.3 is 4.74 Å². The summed E-state index contributed by atoms with van der Waals surface area (Å²) >= 11 is 0. The predicted octanol–water partition coefficient (Wildman–Crippen LogP) is 2.07. The lowest BCUT2D eigenvalue weighted by Crippen LogP contribution is -2.17. The molecule has 0 amide bonds. The van der Waals surface area contributed by atoms with Crippen molar-refractivity contribution in [2.75, 3.05) is 0 Å². The van der Waals surface area contributed by atoms with Crippen LogP contribution in [0.5, 0.6) is 5.75 Å². The summed E-state index contributed by atoms with van der Waals surface area (Å²) in [5, 5.41) is 7.46. The first-order valence-corrected chi connectivity index (χ1v) is 8.18. The molecule has 1 heterocycles. The van der Waals surface area contributed by atoms with E-state index >= 15 is 0 Å². The van der Waals surface area contributed by atoms with Gasteiger partial charge in [0.05, 0.1) is 5.52 Å². The van der Waals surface area contributed by atoms with Gasteiger partial charge >= 0.3 is 6.36 Å². The maximum absolute atomic E-state index is 14.3. The van der Waals surface area contributed by atoms with E-state index in [0.29, 0.717) is 5.56 Å². The minimum Gasteiger partial charge on any atom is -0.406 e. The van der Waals surface area contributed by atoms with Crippen LogP contribution in [0.3, 0.4) is 0 Å². The summed E-state index contributed by atoms with van der Waals surface area (Å²) in [4.78, 5) is 0. The summed E-state index contributed by atoms with van der Waals surface area (Å²) in [5.41, 5.74) is 0.746. The molecule has 7 nitrogen and oxygen atoms in total. The Kier molecular flexibility index (Phi) is 4.78. The van der Waals surface area contributed by atoms with E-state index in [9.17, 15) is 26.0 Å². The molecule has 0 aliphatic rings. The van der Waals surface area contributed by atoms with Crippen LogP contribution in [0.1, 0.15) is 5.56 Å². The van der Waals surface area contributed by atoms with Crippen molar-refractivity contribution in [3.8, 4) is 11.4 Å². The highest BCUT2D eigenvalue weighted by Gasteiger charge is 2.31. The summed E-state index contributed by atoms with van der Waals surface area (Å²) in [6.07, 6.45) is -4.84. The van der Waals surface area contributed by atoms with Crippen molar-refractivity contribution in [2.45, 2.75) is 12.9 Å². The van der Waals surface area contributed by atoms with Gasteiger partial charge in [0, 0.05) is 12.6 Å². The predicted molar refractivity (Wildman–Crippen MR) is 82.7 cm³/mol. The molecule has 3 aromatic rings. The molecule has 12 heteroatoms. The fourth-order valence-corrected chi connectivity index (χ4v) is 2.58. The van der Waals surface area contributed by atoms with Gasteiger partial charge in [0.1, 0.15) is 22.8 Å². The lowest BCUT2D eigenvalue weighted by atomic mass is 10.2. The largest absolute Gasteiger partial charge is 0.573 e. The van der Waals surface area contributed by atoms with Gasteiger partial charge in [-0.3, -0.25) is 0 Å². The fourth-order valence-electron chi connectivity index (χ4n) is 2.27. The Labute approximate surface area is 145 Å². The molecular weight excluding hydrogens is 380 g/mol. The highest BCUT2D eigenvalue weighted by atomic mass is 32.2. The summed E-state index contributed by atoms with van der Waals surface area (Å²) in [7, 11) is -2.81. The number of aromatic nitrogens is 3. The smallest absolute Gasteiger partial charge is 0.406 e. The van der Waals surface area contributed by atoms with Gasteiger partial charge in [-0.05, 0) is 29.8 Å². The second-order valence-electron chi connectivity index (χ2n) is 5.08. The third-order valence-electron chi connectivity index (χ3n) is 3.30. The van der Waals surface area contributed by atoms with Crippen molar-refractivity contribution in [3.05, 3.63) is 47.8 Å². The molecule has 0 radical (unpaired) electrons. The number of nitrogens with zero attached hydrogens (tertiary/aromatic N) is 3. The molecule has 0 aliphatic carbocycles. The van der Waals surface area contributed by atoms with E-state index in [1.807, 2.05) is 0 Å². The van der Waals surface area contributed by atoms with Crippen LogP contribution < -0.4 is 9.46 Å². The molecule has 0 spiro atoms. The van der Waals surface area contributed by atoms with Crippen molar-refractivity contribution in [2.24, 2.45) is 0 Å². The van der Waals surface area contributed by atoms with Gasteiger partial charge in [-0.1, -0.05) is 11.3 Å². The van der Waals surface area contributed by atoms with Crippen LogP contribution in [0.15, 0.2) is 36.4 Å². The zero-order chi connectivity index (χ0) is 18.9. The van der Waals surface area contributed by atoms with Crippen molar-refractivity contribution < 1.29 is 30.7 Å². The van der Waals surface area contributed by atoms with Gasteiger partial charge in [0.25, 0.3) is 0 Å². The zero-order valence-electron chi connectivity index (χ0n) is 12.7. The molecule has 138 valence electrons. The van der Waals surface area contributed by atoms with Gasteiger partial charge in [0.15, 0.2) is 0 Å². The van der Waals surface area contributed by atoms with E-state index in [-0.39, 0.29) is 23.3 Å². The molecule has 0 saturated carbocycles. The minimum atomic E-state index is -4.84. The average Bonchev–Trinajstić information content (AvgIpc) is 2.94. The SMILES string of the molecule is O=[SH](=O)NCc1ccc(-n2nnc3cc(OC(F)(F)F)ccc32)c(F)c1. The topological polar surface area (TPSA) is 86.1 Å². The number of alkyl halides is 3. The molecule has 0 aliphatic heterocycles. The van der Waals surface area contributed by atoms with Crippen molar-refractivity contribution in [1.82, 2.24) is 19.7 Å². The summed E-state index contributed by atoms with van der Waals surface area (Å²) in [5.74, 6) is -1.17. The van der Waals surface area contributed by atoms with E-state index in [1.165, 1.54) is 18.2 Å². The van der Waals surface area contributed by atoms with Crippen molar-refractivity contribution in [3.63, 3.8) is 0 Å². The van der Waals surface area contributed by atoms with E-state index in [0.717, 1.165) is 22.9 Å². The third-order valence-corrected chi connectivity index (χ3v) is 3.72. The Morgan fingerprint density at radius 1 is 1.15 bits per heavy atom. The van der Waals surface area contributed by atoms with Crippen LogP contribution in [0.25, 0.3) is 16.7 Å². The Balaban J connectivity index is 1.93. The number of hydrogen-bond donors (Lipinski definition) is 2. The molecule has 3 rings (SSSR count). The Morgan fingerprint density at radius 3 is 2.58 bits per heavy atom. The second-order valence-corrected chi connectivity index (χ2v) is 5.91. The van der Waals surface area contributed by atoms with Crippen LogP contribution in [-0.2, 0) is 17.4 Å². The first-order chi connectivity index (χ1) is 12.2. The van der Waals surface area contributed by atoms with E-state index in [2.05, 4.69) is 19.8 Å². The minimum absolute atomic E-state index is 0.00671. The summed E-state index contributed by atoms with van der Waals surface area (Å²) < 4.78 is 79.2. The molecule has 0 unspecified atom stereocenters. The van der Waals surface area contributed by atoms with Crippen molar-refractivity contribution >= 4 is 21.9 Å². The highest BCUT2D eigenvalue weighted by molar-refractivity contribution is 7.70. The van der Waals surface area contributed by atoms with Crippen LogP contribution in [0, 0.1) is 5.82 Å². The first-order valence-electron chi connectivity index (χ1n) is 7.01. The van der Waals surface area contributed by atoms with Gasteiger partial charge in [-0.25, -0.2) is 22.2 Å². The first kappa shape index (κ1) is 18.1. The number of rotatable bonds is 5. The maximum Gasteiger partial charge on any atom is 0.573 e. The maximum atomic E-state index is 14.3. The van der Waals surface area contributed by atoms with Gasteiger partial charge in [-0.2, -0.15) is 0 Å².